The number of thiocarbonyl (C=S) groups is 1. The number of nitriles is 1. The van der Waals surface area contributed by atoms with Gasteiger partial charge >= 0.3 is 0 Å². The van der Waals surface area contributed by atoms with Gasteiger partial charge in [0, 0.05) is 21.5 Å². The SMILES string of the molecule is COc1ccccc1NC(=S)Nc1cccc(SC(C(=O)Nc2scc(-c3ccccc3)c2C#N)c2ccccc2)c1. The molecule has 5 aromatic rings. The molecule has 42 heavy (non-hydrogen) atoms. The molecule has 1 aromatic heterocycles. The monoisotopic (exact) mass is 606 g/mol. The van der Waals surface area contributed by atoms with Crippen molar-refractivity contribution in [3.05, 3.63) is 126 Å². The van der Waals surface area contributed by atoms with Crippen molar-refractivity contribution < 1.29 is 9.53 Å². The Labute approximate surface area is 258 Å². The molecule has 0 radical (unpaired) electrons. The van der Waals surface area contributed by atoms with Crippen LogP contribution in [0.4, 0.5) is 16.4 Å². The maximum atomic E-state index is 13.8. The Morgan fingerprint density at radius 3 is 2.36 bits per heavy atom. The van der Waals surface area contributed by atoms with Crippen molar-refractivity contribution in [2.75, 3.05) is 23.1 Å². The fourth-order valence-electron chi connectivity index (χ4n) is 4.29. The van der Waals surface area contributed by atoms with E-state index >= 15 is 0 Å². The van der Waals surface area contributed by atoms with Crippen LogP contribution >= 0.6 is 35.3 Å². The van der Waals surface area contributed by atoms with Crippen molar-refractivity contribution in [3.63, 3.8) is 0 Å². The zero-order valence-corrected chi connectivity index (χ0v) is 25.0. The number of ether oxygens (including phenoxy) is 1. The molecule has 0 aliphatic heterocycles. The quantitative estimate of drug-likeness (QED) is 0.114. The summed E-state index contributed by atoms with van der Waals surface area (Å²) in [5, 5.41) is 21.7. The van der Waals surface area contributed by atoms with Crippen molar-refractivity contribution in [2.24, 2.45) is 0 Å². The highest BCUT2D eigenvalue weighted by Crippen LogP contribution is 2.40. The Morgan fingerprint density at radius 2 is 1.62 bits per heavy atom. The van der Waals surface area contributed by atoms with E-state index < -0.39 is 5.25 Å². The normalized spacial score (nSPS) is 11.1. The van der Waals surface area contributed by atoms with E-state index in [0.29, 0.717) is 21.4 Å². The van der Waals surface area contributed by atoms with Gasteiger partial charge in [0.05, 0.1) is 18.4 Å². The van der Waals surface area contributed by atoms with E-state index in [1.54, 1.807) is 7.11 Å². The minimum absolute atomic E-state index is 0.212. The number of nitrogens with one attached hydrogen (secondary N) is 3. The average Bonchev–Trinajstić information content (AvgIpc) is 3.43. The number of hydrogen-bond donors (Lipinski definition) is 3. The van der Waals surface area contributed by atoms with E-state index in [-0.39, 0.29) is 5.91 Å². The molecular weight excluding hydrogens is 581 g/mol. The van der Waals surface area contributed by atoms with Crippen LogP contribution < -0.4 is 20.7 Å². The molecule has 5 rings (SSSR count). The van der Waals surface area contributed by atoms with Gasteiger partial charge in [0.2, 0.25) is 5.91 Å². The van der Waals surface area contributed by atoms with E-state index in [1.165, 1.54) is 23.1 Å². The van der Waals surface area contributed by atoms with Crippen LogP contribution in [0.3, 0.4) is 0 Å². The molecule has 1 unspecified atom stereocenters. The van der Waals surface area contributed by atoms with Gasteiger partial charge in [0.25, 0.3) is 0 Å². The van der Waals surface area contributed by atoms with Gasteiger partial charge in [0.15, 0.2) is 5.11 Å². The van der Waals surface area contributed by atoms with Crippen molar-refractivity contribution in [1.29, 1.82) is 5.26 Å². The molecule has 9 heteroatoms. The fourth-order valence-corrected chi connectivity index (χ4v) is 6.52. The molecule has 0 saturated carbocycles. The van der Waals surface area contributed by atoms with E-state index in [2.05, 4.69) is 22.0 Å². The molecule has 208 valence electrons. The first-order valence-corrected chi connectivity index (χ1v) is 15.1. The molecule has 4 aromatic carbocycles. The van der Waals surface area contributed by atoms with Crippen LogP contribution in [0.1, 0.15) is 16.4 Å². The molecular formula is C33H26N4O2S3. The van der Waals surface area contributed by atoms with Crippen molar-refractivity contribution in [3.8, 4) is 22.9 Å². The summed E-state index contributed by atoms with van der Waals surface area (Å²) in [5.74, 6) is 0.472. The van der Waals surface area contributed by atoms with Gasteiger partial charge in [-0.25, -0.2) is 0 Å². The number of benzene rings is 4. The number of rotatable bonds is 9. The third kappa shape index (κ3) is 6.98. The van der Waals surface area contributed by atoms with Crippen LogP contribution in [0, 0.1) is 11.3 Å². The summed E-state index contributed by atoms with van der Waals surface area (Å²) in [4.78, 5) is 14.6. The topological polar surface area (TPSA) is 86.2 Å². The van der Waals surface area contributed by atoms with Crippen molar-refractivity contribution in [2.45, 2.75) is 10.1 Å². The Morgan fingerprint density at radius 1 is 0.905 bits per heavy atom. The number of nitrogens with zero attached hydrogens (tertiary/aromatic N) is 1. The molecule has 1 atom stereocenters. The zero-order valence-electron chi connectivity index (χ0n) is 22.5. The van der Waals surface area contributed by atoms with Crippen LogP contribution in [-0.4, -0.2) is 18.1 Å². The lowest BCUT2D eigenvalue weighted by atomic mass is 10.1. The maximum Gasteiger partial charge on any atom is 0.243 e. The number of carbonyl (C=O) groups is 1. The summed E-state index contributed by atoms with van der Waals surface area (Å²) in [7, 11) is 1.61. The molecule has 0 spiro atoms. The molecule has 0 aliphatic carbocycles. The van der Waals surface area contributed by atoms with E-state index in [0.717, 1.165) is 33.0 Å². The number of thioether (sulfide) groups is 1. The standard InChI is InChI=1S/C33H26N4O2S3/c1-39-29-18-9-8-17-28(29)36-33(40)35-24-15-10-16-25(19-24)42-30(23-13-6-3-7-14-23)31(38)37-32-26(20-34)27(21-41-32)22-11-4-2-5-12-22/h2-19,21,30H,1H3,(H,37,38)(H2,35,36,40). The van der Waals surface area contributed by atoms with Crippen LogP contribution in [0.5, 0.6) is 5.75 Å². The maximum absolute atomic E-state index is 13.8. The zero-order chi connectivity index (χ0) is 29.3. The first-order valence-electron chi connectivity index (χ1n) is 13.0. The lowest BCUT2D eigenvalue weighted by molar-refractivity contribution is -0.115. The lowest BCUT2D eigenvalue weighted by Crippen LogP contribution is -2.20. The van der Waals surface area contributed by atoms with Gasteiger partial charge in [-0.05, 0) is 53.7 Å². The summed E-state index contributed by atoms with van der Waals surface area (Å²) in [6.07, 6.45) is 0. The highest BCUT2D eigenvalue weighted by atomic mass is 32.2. The summed E-state index contributed by atoms with van der Waals surface area (Å²) < 4.78 is 5.40. The van der Waals surface area contributed by atoms with Gasteiger partial charge in [-0.2, -0.15) is 5.26 Å². The highest BCUT2D eigenvalue weighted by Gasteiger charge is 2.25. The molecule has 6 nitrogen and oxygen atoms in total. The van der Waals surface area contributed by atoms with Crippen LogP contribution in [-0.2, 0) is 4.79 Å². The van der Waals surface area contributed by atoms with Gasteiger partial charge < -0.3 is 20.7 Å². The minimum atomic E-state index is -0.561. The minimum Gasteiger partial charge on any atom is -0.495 e. The number of amides is 1. The first kappa shape index (κ1) is 28.9. The molecule has 0 aliphatic rings. The fraction of sp³-hybridized carbons (Fsp3) is 0.0606. The Kier molecular flexibility index (Phi) is 9.51. The van der Waals surface area contributed by atoms with Gasteiger partial charge in [0.1, 0.15) is 22.1 Å². The summed E-state index contributed by atoms with van der Waals surface area (Å²) in [6, 6.07) is 36.8. The number of methoxy groups -OCH3 is 1. The van der Waals surface area contributed by atoms with Crippen molar-refractivity contribution >= 4 is 62.7 Å². The second kappa shape index (κ2) is 13.8. The number of para-hydroxylation sites is 2. The Balaban J connectivity index is 1.35. The van der Waals surface area contributed by atoms with Crippen LogP contribution in [0.15, 0.2) is 119 Å². The largest absolute Gasteiger partial charge is 0.495 e. The van der Waals surface area contributed by atoms with E-state index in [4.69, 9.17) is 17.0 Å². The molecule has 1 amide bonds. The van der Waals surface area contributed by atoms with Crippen molar-refractivity contribution in [1.82, 2.24) is 0 Å². The second-order valence-electron chi connectivity index (χ2n) is 9.04. The summed E-state index contributed by atoms with van der Waals surface area (Å²) in [5.41, 5.74) is 4.58. The number of carbonyl (C=O) groups excluding carboxylic acids is 1. The second-order valence-corrected chi connectivity index (χ2v) is 11.5. The summed E-state index contributed by atoms with van der Waals surface area (Å²) >= 11 is 8.31. The molecule has 0 bridgehead atoms. The predicted molar refractivity (Wildman–Crippen MR) is 177 cm³/mol. The van der Waals surface area contributed by atoms with Gasteiger partial charge in [-0.3, -0.25) is 4.79 Å². The molecule has 0 saturated heterocycles. The van der Waals surface area contributed by atoms with Gasteiger partial charge in [-0.1, -0.05) is 78.9 Å². The summed E-state index contributed by atoms with van der Waals surface area (Å²) in [6.45, 7) is 0. The van der Waals surface area contributed by atoms with Crippen LogP contribution in [0.25, 0.3) is 11.1 Å². The number of anilines is 3. The molecule has 3 N–H and O–H groups in total. The van der Waals surface area contributed by atoms with Gasteiger partial charge in [-0.15, -0.1) is 23.1 Å². The third-order valence-electron chi connectivity index (χ3n) is 6.27. The predicted octanol–water partition coefficient (Wildman–Crippen LogP) is 8.58. The Bertz CT molecular complexity index is 1730. The van der Waals surface area contributed by atoms with E-state index in [1.807, 2.05) is 115 Å². The smallest absolute Gasteiger partial charge is 0.243 e. The third-order valence-corrected chi connectivity index (χ3v) is 8.61. The highest BCUT2D eigenvalue weighted by molar-refractivity contribution is 8.00. The number of hydrogen-bond acceptors (Lipinski definition) is 6. The number of thiophene rings is 1. The van der Waals surface area contributed by atoms with E-state index in [9.17, 15) is 10.1 Å². The average molecular weight is 607 g/mol. The first-order chi connectivity index (χ1) is 20.6. The van der Waals surface area contributed by atoms with Crippen LogP contribution in [0.2, 0.25) is 0 Å². The lowest BCUT2D eigenvalue weighted by Gasteiger charge is -2.18. The molecule has 1 heterocycles. The molecule has 0 fully saturated rings. The Hall–Kier alpha value is -4.62.